The zero-order valence-corrected chi connectivity index (χ0v) is 12.5. The molecule has 0 radical (unpaired) electrons. The van der Waals surface area contributed by atoms with E-state index in [1.165, 1.54) is 6.42 Å². The Balaban J connectivity index is 1.86. The van der Waals surface area contributed by atoms with Crippen LogP contribution in [-0.4, -0.2) is 28.4 Å². The molecule has 1 aromatic rings. The van der Waals surface area contributed by atoms with Gasteiger partial charge in [0.25, 0.3) is 0 Å². The number of carbonyl (C=O) groups excluding carboxylic acids is 1. The molecule has 1 atom stereocenters. The van der Waals surface area contributed by atoms with Crippen LogP contribution in [0.1, 0.15) is 46.0 Å². The minimum absolute atomic E-state index is 0.0834. The fourth-order valence-corrected chi connectivity index (χ4v) is 2.59. The van der Waals surface area contributed by atoms with Crippen LogP contribution in [-0.2, 0) is 16.1 Å². The summed E-state index contributed by atoms with van der Waals surface area (Å²) in [5.41, 5.74) is 0.776. The number of ether oxygens (including phenoxy) is 1. The molecule has 20 heavy (non-hydrogen) atoms. The van der Waals surface area contributed by atoms with E-state index in [0.717, 1.165) is 44.5 Å². The number of hydrogen-bond acceptors (Lipinski definition) is 3. The standard InChI is InChI=1S/C15H25N3O2/c1-3-12(4-2)15(19)17-13-9-16-18(10-13)11-14-7-5-6-8-20-14/h9-10,12,14H,3-8,11H2,1-2H3,(H,17,19). The highest BCUT2D eigenvalue weighted by Crippen LogP contribution is 2.16. The maximum atomic E-state index is 12.0. The molecule has 2 rings (SSSR count). The maximum absolute atomic E-state index is 12.0. The highest BCUT2D eigenvalue weighted by molar-refractivity contribution is 5.92. The minimum atomic E-state index is 0.0834. The van der Waals surface area contributed by atoms with Gasteiger partial charge in [-0.2, -0.15) is 5.10 Å². The van der Waals surface area contributed by atoms with E-state index in [1.54, 1.807) is 6.20 Å². The van der Waals surface area contributed by atoms with Crippen LogP contribution in [0.5, 0.6) is 0 Å². The molecule has 1 saturated heterocycles. The van der Waals surface area contributed by atoms with E-state index in [9.17, 15) is 4.79 Å². The van der Waals surface area contributed by atoms with Crippen molar-refractivity contribution in [1.29, 1.82) is 0 Å². The lowest BCUT2D eigenvalue weighted by Crippen LogP contribution is -2.24. The van der Waals surface area contributed by atoms with E-state index < -0.39 is 0 Å². The lowest BCUT2D eigenvalue weighted by atomic mass is 10.0. The number of carbonyl (C=O) groups is 1. The predicted octanol–water partition coefficient (Wildman–Crippen LogP) is 2.83. The van der Waals surface area contributed by atoms with Gasteiger partial charge >= 0.3 is 0 Å². The Morgan fingerprint density at radius 1 is 1.50 bits per heavy atom. The van der Waals surface area contributed by atoms with Crippen LogP contribution in [0.3, 0.4) is 0 Å². The second kappa shape index (κ2) is 7.43. The highest BCUT2D eigenvalue weighted by atomic mass is 16.5. The predicted molar refractivity (Wildman–Crippen MR) is 78.5 cm³/mol. The van der Waals surface area contributed by atoms with E-state index in [4.69, 9.17) is 4.74 Å². The Labute approximate surface area is 120 Å². The van der Waals surface area contributed by atoms with Gasteiger partial charge in [0.05, 0.1) is 24.5 Å². The van der Waals surface area contributed by atoms with E-state index >= 15 is 0 Å². The first-order valence-electron chi connectivity index (χ1n) is 7.67. The summed E-state index contributed by atoms with van der Waals surface area (Å²) in [7, 11) is 0. The molecule has 1 unspecified atom stereocenters. The topological polar surface area (TPSA) is 56.2 Å². The summed E-state index contributed by atoms with van der Waals surface area (Å²) in [4.78, 5) is 12.0. The zero-order valence-electron chi connectivity index (χ0n) is 12.5. The van der Waals surface area contributed by atoms with Gasteiger partial charge in [0.1, 0.15) is 0 Å². The third-order valence-electron chi connectivity index (χ3n) is 3.92. The Morgan fingerprint density at radius 2 is 2.30 bits per heavy atom. The van der Waals surface area contributed by atoms with Gasteiger partial charge in [-0.1, -0.05) is 13.8 Å². The quantitative estimate of drug-likeness (QED) is 0.871. The molecule has 1 amide bonds. The molecule has 1 fully saturated rings. The smallest absolute Gasteiger partial charge is 0.227 e. The summed E-state index contributed by atoms with van der Waals surface area (Å²) in [6.07, 6.45) is 9.07. The summed E-state index contributed by atoms with van der Waals surface area (Å²) >= 11 is 0. The summed E-state index contributed by atoms with van der Waals surface area (Å²) < 4.78 is 7.56. The Bertz CT molecular complexity index is 421. The second-order valence-corrected chi connectivity index (χ2v) is 5.44. The molecule has 1 N–H and O–H groups in total. The lowest BCUT2D eigenvalue weighted by Gasteiger charge is -2.22. The van der Waals surface area contributed by atoms with Crippen molar-refractivity contribution in [3.8, 4) is 0 Å². The number of hydrogen-bond donors (Lipinski definition) is 1. The third kappa shape index (κ3) is 4.07. The van der Waals surface area contributed by atoms with Gasteiger partial charge in [-0.15, -0.1) is 0 Å². The summed E-state index contributed by atoms with van der Waals surface area (Å²) in [6, 6.07) is 0. The average Bonchev–Trinajstić information content (AvgIpc) is 2.88. The van der Waals surface area contributed by atoms with E-state index in [-0.39, 0.29) is 17.9 Å². The van der Waals surface area contributed by atoms with E-state index in [2.05, 4.69) is 10.4 Å². The van der Waals surface area contributed by atoms with Crippen molar-refractivity contribution < 1.29 is 9.53 Å². The fourth-order valence-electron chi connectivity index (χ4n) is 2.59. The van der Waals surface area contributed by atoms with Crippen LogP contribution >= 0.6 is 0 Å². The molecule has 0 bridgehead atoms. The summed E-state index contributed by atoms with van der Waals surface area (Å²) in [5.74, 6) is 0.170. The number of nitrogens with one attached hydrogen (secondary N) is 1. The molecular weight excluding hydrogens is 254 g/mol. The van der Waals surface area contributed by atoms with Crippen LogP contribution in [0.4, 0.5) is 5.69 Å². The van der Waals surface area contributed by atoms with Crippen LogP contribution in [0.2, 0.25) is 0 Å². The largest absolute Gasteiger partial charge is 0.376 e. The molecule has 112 valence electrons. The summed E-state index contributed by atoms with van der Waals surface area (Å²) in [6.45, 7) is 5.69. The average molecular weight is 279 g/mol. The normalized spacial score (nSPS) is 19.2. The van der Waals surface area contributed by atoms with Crippen LogP contribution < -0.4 is 5.32 Å². The Hall–Kier alpha value is -1.36. The Kier molecular flexibility index (Phi) is 5.59. The third-order valence-corrected chi connectivity index (χ3v) is 3.92. The second-order valence-electron chi connectivity index (χ2n) is 5.44. The van der Waals surface area contributed by atoms with Crippen molar-refractivity contribution in [2.24, 2.45) is 5.92 Å². The molecule has 5 heteroatoms. The molecule has 0 aromatic carbocycles. The highest BCUT2D eigenvalue weighted by Gasteiger charge is 2.17. The van der Waals surface area contributed by atoms with Gasteiger partial charge in [-0.05, 0) is 32.1 Å². The first kappa shape index (κ1) is 15.0. The monoisotopic (exact) mass is 279 g/mol. The van der Waals surface area contributed by atoms with Crippen LogP contribution in [0, 0.1) is 5.92 Å². The van der Waals surface area contributed by atoms with Crippen molar-refractivity contribution in [3.05, 3.63) is 12.4 Å². The fraction of sp³-hybridized carbons (Fsp3) is 0.733. The Morgan fingerprint density at radius 3 is 2.95 bits per heavy atom. The van der Waals surface area contributed by atoms with E-state index in [0.29, 0.717) is 0 Å². The number of aromatic nitrogens is 2. The van der Waals surface area contributed by atoms with Crippen LogP contribution in [0.15, 0.2) is 12.4 Å². The number of nitrogens with zero attached hydrogens (tertiary/aromatic N) is 2. The minimum Gasteiger partial charge on any atom is -0.376 e. The van der Waals surface area contributed by atoms with Crippen molar-refractivity contribution in [1.82, 2.24) is 9.78 Å². The van der Waals surface area contributed by atoms with Gasteiger partial charge in [-0.25, -0.2) is 0 Å². The first-order chi connectivity index (χ1) is 9.72. The maximum Gasteiger partial charge on any atom is 0.227 e. The van der Waals surface area contributed by atoms with Gasteiger partial charge in [0, 0.05) is 18.7 Å². The zero-order chi connectivity index (χ0) is 14.4. The lowest BCUT2D eigenvalue weighted by molar-refractivity contribution is -0.120. The van der Waals surface area contributed by atoms with Crippen LogP contribution in [0.25, 0.3) is 0 Å². The van der Waals surface area contributed by atoms with Gasteiger partial charge in [0.15, 0.2) is 0 Å². The van der Waals surface area contributed by atoms with Gasteiger partial charge < -0.3 is 10.1 Å². The molecule has 2 heterocycles. The SMILES string of the molecule is CCC(CC)C(=O)Nc1cnn(CC2CCCCO2)c1. The molecule has 0 saturated carbocycles. The molecule has 1 aliphatic rings. The molecular formula is C15H25N3O2. The first-order valence-corrected chi connectivity index (χ1v) is 7.67. The van der Waals surface area contributed by atoms with Crippen molar-refractivity contribution in [2.45, 2.75) is 58.6 Å². The molecule has 1 aromatic heterocycles. The van der Waals surface area contributed by atoms with Crippen molar-refractivity contribution in [2.75, 3.05) is 11.9 Å². The number of amides is 1. The molecule has 0 spiro atoms. The van der Waals surface area contributed by atoms with Gasteiger partial charge in [-0.3, -0.25) is 9.48 Å². The molecule has 1 aliphatic heterocycles. The van der Waals surface area contributed by atoms with Crippen molar-refractivity contribution >= 4 is 11.6 Å². The molecule has 0 aliphatic carbocycles. The van der Waals surface area contributed by atoms with Crippen molar-refractivity contribution in [3.63, 3.8) is 0 Å². The molecule has 5 nitrogen and oxygen atoms in total. The number of anilines is 1. The summed E-state index contributed by atoms with van der Waals surface area (Å²) in [5, 5.41) is 7.23. The van der Waals surface area contributed by atoms with E-state index in [1.807, 2.05) is 24.7 Å². The number of rotatable bonds is 6. The van der Waals surface area contributed by atoms with Gasteiger partial charge in [0.2, 0.25) is 5.91 Å².